The van der Waals surface area contributed by atoms with Crippen LogP contribution in [0.2, 0.25) is 18.1 Å². The number of aromatic nitrogens is 5. The number of hydrogen-bond donors (Lipinski definition) is 2. The average molecular weight is 439 g/mol. The zero-order valence-corrected chi connectivity index (χ0v) is 20.2. The number of hydrogen-bond acceptors (Lipinski definition) is 7. The Bertz CT molecular complexity index is 1170. The van der Waals surface area contributed by atoms with Gasteiger partial charge in [0, 0.05) is 5.56 Å². The lowest BCUT2D eigenvalue weighted by Gasteiger charge is -2.37. The number of rotatable bonds is 4. The van der Waals surface area contributed by atoms with E-state index in [1.165, 1.54) is 6.33 Å². The Kier molecular flexibility index (Phi) is 5.93. The highest BCUT2D eigenvalue weighted by Gasteiger charge is 2.38. The summed E-state index contributed by atoms with van der Waals surface area (Å²) < 4.78 is 7.95. The first-order valence-corrected chi connectivity index (χ1v) is 13.0. The molecule has 164 valence electrons. The predicted octanol–water partition coefficient (Wildman–Crippen LogP) is 3.23. The van der Waals surface area contributed by atoms with Crippen molar-refractivity contribution in [3.63, 3.8) is 0 Å². The number of nitrogens with two attached hydrogens (primary N) is 1. The van der Waals surface area contributed by atoms with Crippen molar-refractivity contribution in [1.29, 1.82) is 0 Å². The van der Waals surface area contributed by atoms with E-state index >= 15 is 0 Å². The Labute approximate surface area is 184 Å². The van der Waals surface area contributed by atoms with Crippen LogP contribution in [0.5, 0.6) is 0 Å². The molecule has 3 rings (SSSR count). The van der Waals surface area contributed by atoms with Crippen LogP contribution in [0.15, 0.2) is 24.5 Å². The lowest BCUT2D eigenvalue weighted by molar-refractivity contribution is 0.0567. The monoisotopic (exact) mass is 438 g/mol. The van der Waals surface area contributed by atoms with E-state index in [-0.39, 0.29) is 17.6 Å². The first kappa shape index (κ1) is 22.9. The number of imidazole rings is 1. The summed E-state index contributed by atoms with van der Waals surface area (Å²) in [4.78, 5) is 16.8. The summed E-state index contributed by atoms with van der Waals surface area (Å²) >= 11 is 0. The Morgan fingerprint density at radius 3 is 2.52 bits per heavy atom. The molecule has 3 N–H and O–H groups in total. The molecule has 3 aromatic rings. The molecule has 0 saturated carbocycles. The minimum Gasteiger partial charge on any atom is -0.413 e. The van der Waals surface area contributed by atoms with Gasteiger partial charge in [0.15, 0.2) is 8.32 Å². The fourth-order valence-electron chi connectivity index (χ4n) is 2.71. The second-order valence-corrected chi connectivity index (χ2v) is 14.2. The van der Waals surface area contributed by atoms with Crippen molar-refractivity contribution in [2.75, 3.05) is 12.3 Å². The maximum atomic E-state index is 10.8. The van der Waals surface area contributed by atoms with Crippen LogP contribution in [0.4, 0.5) is 5.95 Å². The topological polar surface area (TPSA) is 112 Å². The van der Waals surface area contributed by atoms with Gasteiger partial charge >= 0.3 is 0 Å². The summed E-state index contributed by atoms with van der Waals surface area (Å²) in [6, 6.07) is 5.65. The Hall–Kier alpha value is -2.80. The van der Waals surface area contributed by atoms with Crippen molar-refractivity contribution in [2.45, 2.75) is 58.4 Å². The van der Waals surface area contributed by atoms with Gasteiger partial charge in [-0.2, -0.15) is 4.98 Å². The maximum Gasteiger partial charge on any atom is 0.240 e. The van der Waals surface area contributed by atoms with Crippen molar-refractivity contribution >= 4 is 25.3 Å². The number of fused-ring (bicyclic) bond motifs is 1. The Morgan fingerprint density at radius 2 is 1.87 bits per heavy atom. The first-order valence-electron chi connectivity index (χ1n) is 10.1. The smallest absolute Gasteiger partial charge is 0.240 e. The van der Waals surface area contributed by atoms with E-state index in [1.807, 2.05) is 25.1 Å². The Balaban J connectivity index is 1.90. The molecule has 0 bridgehead atoms. The van der Waals surface area contributed by atoms with Crippen molar-refractivity contribution in [2.24, 2.45) is 0 Å². The maximum absolute atomic E-state index is 10.8. The highest BCUT2D eigenvalue weighted by molar-refractivity contribution is 6.74. The van der Waals surface area contributed by atoms with Crippen molar-refractivity contribution in [1.82, 2.24) is 24.5 Å². The van der Waals surface area contributed by atoms with E-state index in [0.717, 1.165) is 22.4 Å². The molecular formula is C22H30N6O2Si. The van der Waals surface area contributed by atoms with Gasteiger partial charge < -0.3 is 15.3 Å². The van der Waals surface area contributed by atoms with Gasteiger partial charge in [-0.1, -0.05) is 32.6 Å². The number of anilines is 1. The fraction of sp³-hybridized carbons (Fsp3) is 0.455. The van der Waals surface area contributed by atoms with Crippen molar-refractivity contribution in [3.05, 3.63) is 35.9 Å². The molecule has 0 radical (unpaired) electrons. The second-order valence-electron chi connectivity index (χ2n) is 9.41. The van der Waals surface area contributed by atoms with Crippen LogP contribution in [0, 0.1) is 18.8 Å². The molecule has 0 fully saturated rings. The van der Waals surface area contributed by atoms with Crippen LogP contribution < -0.4 is 5.73 Å². The first-order chi connectivity index (χ1) is 14.3. The second kappa shape index (κ2) is 8.03. The zero-order chi connectivity index (χ0) is 23.0. The standard InChI is InChI=1S/C22H30N6O2Si/c1-15-26-17-9-8-16(12-18(17)28(15)20-25-14-24-19(23)27-20)10-11-22(5,29)13-30-31(6,7)21(2,3)4/h8-9,12,14,29H,13H2,1-7H3,(H2,23,24,25,27). The van der Waals surface area contributed by atoms with Crippen LogP contribution in [-0.2, 0) is 4.43 Å². The van der Waals surface area contributed by atoms with Gasteiger partial charge in [-0.05, 0) is 50.2 Å². The predicted molar refractivity (Wildman–Crippen MR) is 124 cm³/mol. The number of nitrogens with zero attached hydrogens (tertiary/aromatic N) is 5. The molecule has 9 heteroatoms. The normalized spacial score (nSPS) is 14.2. The molecule has 8 nitrogen and oxygen atoms in total. The van der Waals surface area contributed by atoms with Crippen LogP contribution in [0.25, 0.3) is 17.0 Å². The van der Waals surface area contributed by atoms with Gasteiger partial charge in [-0.25, -0.2) is 15.0 Å². The van der Waals surface area contributed by atoms with Crippen molar-refractivity contribution in [3.8, 4) is 17.8 Å². The third-order valence-corrected chi connectivity index (χ3v) is 10.1. The molecule has 0 aliphatic heterocycles. The number of aliphatic hydroxyl groups is 1. The molecule has 0 aliphatic rings. The van der Waals surface area contributed by atoms with Crippen LogP contribution in [-0.4, -0.2) is 50.1 Å². The minimum absolute atomic E-state index is 0.0657. The molecule has 31 heavy (non-hydrogen) atoms. The summed E-state index contributed by atoms with van der Waals surface area (Å²) in [6.07, 6.45) is 1.37. The van der Waals surface area contributed by atoms with Crippen LogP contribution in [0.3, 0.4) is 0 Å². The van der Waals surface area contributed by atoms with Gasteiger partial charge in [-0.15, -0.1) is 0 Å². The lowest BCUT2D eigenvalue weighted by atomic mass is 10.1. The number of nitrogen functional groups attached to an aromatic ring is 1. The van der Waals surface area contributed by atoms with Crippen LogP contribution in [0.1, 0.15) is 39.1 Å². The summed E-state index contributed by atoms with van der Waals surface area (Å²) in [5.41, 5.74) is 6.78. The van der Waals surface area contributed by atoms with Gasteiger partial charge in [0.1, 0.15) is 17.8 Å². The highest BCUT2D eigenvalue weighted by Crippen LogP contribution is 2.36. The van der Waals surface area contributed by atoms with E-state index < -0.39 is 13.9 Å². The molecular weight excluding hydrogens is 408 g/mol. The van der Waals surface area contributed by atoms with E-state index in [2.05, 4.69) is 65.6 Å². The van der Waals surface area contributed by atoms with Gasteiger partial charge in [0.05, 0.1) is 17.6 Å². The number of benzene rings is 1. The van der Waals surface area contributed by atoms with Gasteiger partial charge in [0.25, 0.3) is 0 Å². The quantitative estimate of drug-likeness (QED) is 0.475. The zero-order valence-electron chi connectivity index (χ0n) is 19.2. The van der Waals surface area contributed by atoms with Crippen LogP contribution >= 0.6 is 0 Å². The molecule has 2 heterocycles. The molecule has 0 saturated heterocycles. The molecule has 0 amide bonds. The van der Waals surface area contributed by atoms with E-state index in [1.54, 1.807) is 11.5 Å². The molecule has 0 spiro atoms. The SMILES string of the molecule is Cc1nc2ccc(C#CC(C)(O)CO[Si](C)(C)C(C)(C)C)cc2n1-c1ncnc(N)n1. The van der Waals surface area contributed by atoms with E-state index in [9.17, 15) is 5.11 Å². The van der Waals surface area contributed by atoms with Gasteiger partial charge in [-0.3, -0.25) is 4.57 Å². The minimum atomic E-state index is -1.97. The summed E-state index contributed by atoms with van der Waals surface area (Å²) in [6.45, 7) is 14.5. The number of aryl methyl sites for hydroxylation is 1. The lowest BCUT2D eigenvalue weighted by Crippen LogP contribution is -2.45. The van der Waals surface area contributed by atoms with Crippen molar-refractivity contribution < 1.29 is 9.53 Å². The molecule has 2 aromatic heterocycles. The molecule has 0 aliphatic carbocycles. The average Bonchev–Trinajstić information content (AvgIpc) is 2.99. The van der Waals surface area contributed by atoms with E-state index in [0.29, 0.717) is 5.95 Å². The third-order valence-electron chi connectivity index (χ3n) is 5.60. The highest BCUT2D eigenvalue weighted by atomic mass is 28.4. The van der Waals surface area contributed by atoms with Gasteiger partial charge in [0.2, 0.25) is 11.9 Å². The summed E-state index contributed by atoms with van der Waals surface area (Å²) in [5, 5.41) is 10.8. The summed E-state index contributed by atoms with van der Waals surface area (Å²) in [5.74, 6) is 7.28. The summed E-state index contributed by atoms with van der Waals surface area (Å²) in [7, 11) is -1.97. The third kappa shape index (κ3) is 5.10. The molecule has 1 unspecified atom stereocenters. The Morgan fingerprint density at radius 1 is 1.16 bits per heavy atom. The molecule has 1 atom stereocenters. The largest absolute Gasteiger partial charge is 0.413 e. The van der Waals surface area contributed by atoms with E-state index in [4.69, 9.17) is 10.2 Å². The molecule has 1 aromatic carbocycles. The fourth-order valence-corrected chi connectivity index (χ4v) is 3.79.